The number of rotatable bonds is 8. The molecule has 0 saturated heterocycles. The van der Waals surface area contributed by atoms with Gasteiger partial charge in [0.2, 0.25) is 5.95 Å². The number of pyridine rings is 1. The summed E-state index contributed by atoms with van der Waals surface area (Å²) in [5.74, 6) is 0.715. The van der Waals surface area contributed by atoms with Gasteiger partial charge in [0.15, 0.2) is 0 Å². The molecule has 6 nitrogen and oxygen atoms in total. The zero-order chi connectivity index (χ0) is 14.9. The third kappa shape index (κ3) is 5.09. The number of ether oxygens (including phenoxy) is 1. The van der Waals surface area contributed by atoms with Crippen LogP contribution in [0, 0.1) is 0 Å². The Hall–Kier alpha value is -2.05. The number of nitrogens with one attached hydrogen (secondary N) is 1. The Balaban J connectivity index is 1.86. The number of methoxy groups -OCH3 is 1. The Labute approximate surface area is 125 Å². The van der Waals surface area contributed by atoms with Gasteiger partial charge in [-0.15, -0.1) is 0 Å². The van der Waals surface area contributed by atoms with Crippen molar-refractivity contribution in [2.24, 2.45) is 0 Å². The first-order valence-electron chi connectivity index (χ1n) is 6.90. The van der Waals surface area contributed by atoms with Crippen molar-refractivity contribution in [3.63, 3.8) is 0 Å². The van der Waals surface area contributed by atoms with Gasteiger partial charge >= 0.3 is 0 Å². The molecule has 0 aliphatic carbocycles. The largest absolute Gasteiger partial charge is 0.383 e. The van der Waals surface area contributed by atoms with Crippen LogP contribution < -0.4 is 10.2 Å². The van der Waals surface area contributed by atoms with Crippen LogP contribution in [0.1, 0.15) is 11.1 Å². The Bertz CT molecular complexity index is 517. The molecule has 2 heterocycles. The van der Waals surface area contributed by atoms with Crippen LogP contribution >= 0.6 is 0 Å². The van der Waals surface area contributed by atoms with E-state index in [2.05, 4.69) is 20.3 Å². The average Bonchev–Trinajstić information content (AvgIpc) is 2.53. The first-order valence-corrected chi connectivity index (χ1v) is 6.90. The van der Waals surface area contributed by atoms with Crippen molar-refractivity contribution >= 4 is 5.95 Å². The highest BCUT2D eigenvalue weighted by Gasteiger charge is 2.05. The molecule has 0 bridgehead atoms. The molecule has 1 N–H and O–H groups in total. The molecule has 0 aromatic carbocycles. The van der Waals surface area contributed by atoms with Crippen molar-refractivity contribution in [1.29, 1.82) is 0 Å². The second-order valence-corrected chi connectivity index (χ2v) is 4.77. The smallest absolute Gasteiger partial charge is 0.225 e. The second kappa shape index (κ2) is 8.28. The molecule has 6 heteroatoms. The highest BCUT2D eigenvalue weighted by Crippen LogP contribution is 2.09. The summed E-state index contributed by atoms with van der Waals surface area (Å²) >= 11 is 0. The van der Waals surface area contributed by atoms with Crippen LogP contribution in [0.4, 0.5) is 5.95 Å². The maximum Gasteiger partial charge on any atom is 0.225 e. The third-order valence-electron chi connectivity index (χ3n) is 3.01. The topological polar surface area (TPSA) is 63.2 Å². The summed E-state index contributed by atoms with van der Waals surface area (Å²) in [4.78, 5) is 14.8. The summed E-state index contributed by atoms with van der Waals surface area (Å²) in [6.45, 7) is 3.03. The Morgan fingerprint density at radius 2 is 1.86 bits per heavy atom. The predicted molar refractivity (Wildman–Crippen MR) is 82.0 cm³/mol. The van der Waals surface area contributed by atoms with E-state index in [0.717, 1.165) is 25.2 Å². The van der Waals surface area contributed by atoms with E-state index in [9.17, 15) is 0 Å². The molecule has 2 aromatic rings. The molecule has 0 aliphatic heterocycles. The van der Waals surface area contributed by atoms with E-state index in [1.807, 2.05) is 36.5 Å². The zero-order valence-electron chi connectivity index (χ0n) is 12.5. The molecule has 2 rings (SSSR count). The van der Waals surface area contributed by atoms with Crippen LogP contribution in [0.3, 0.4) is 0 Å². The summed E-state index contributed by atoms with van der Waals surface area (Å²) in [6, 6.07) is 3.98. The van der Waals surface area contributed by atoms with E-state index in [4.69, 9.17) is 4.74 Å². The predicted octanol–water partition coefficient (Wildman–Crippen LogP) is 1.24. The van der Waals surface area contributed by atoms with Gasteiger partial charge in [-0.3, -0.25) is 4.98 Å². The van der Waals surface area contributed by atoms with Crippen molar-refractivity contribution < 1.29 is 4.74 Å². The standard InChI is InChI=1S/C15H21N5O/c1-20(12-13-3-5-16-6-4-13)15-18-10-14(11-19-15)9-17-7-8-21-2/h3-6,10-11,17H,7-9,12H2,1-2H3. The number of anilines is 1. The molecule has 0 radical (unpaired) electrons. The number of aromatic nitrogens is 3. The van der Waals surface area contributed by atoms with Crippen LogP contribution in [-0.4, -0.2) is 42.3 Å². The van der Waals surface area contributed by atoms with Crippen LogP contribution in [0.5, 0.6) is 0 Å². The maximum atomic E-state index is 4.98. The lowest BCUT2D eigenvalue weighted by Gasteiger charge is -2.17. The van der Waals surface area contributed by atoms with Crippen molar-refractivity contribution in [3.05, 3.63) is 48.0 Å². The van der Waals surface area contributed by atoms with Crippen LogP contribution in [0.15, 0.2) is 36.9 Å². The Kier molecular flexibility index (Phi) is 6.05. The lowest BCUT2D eigenvalue weighted by molar-refractivity contribution is 0.199. The fraction of sp³-hybridized carbons (Fsp3) is 0.400. The summed E-state index contributed by atoms with van der Waals surface area (Å²) in [5, 5.41) is 3.27. The van der Waals surface area contributed by atoms with E-state index in [-0.39, 0.29) is 0 Å². The van der Waals surface area contributed by atoms with Gasteiger partial charge in [0, 0.05) is 64.1 Å². The molecular formula is C15H21N5O. The van der Waals surface area contributed by atoms with Crippen LogP contribution in [-0.2, 0) is 17.8 Å². The van der Waals surface area contributed by atoms with E-state index >= 15 is 0 Å². The third-order valence-corrected chi connectivity index (χ3v) is 3.01. The van der Waals surface area contributed by atoms with Gasteiger partial charge in [-0.05, 0) is 17.7 Å². The minimum atomic E-state index is 0.702. The van der Waals surface area contributed by atoms with E-state index < -0.39 is 0 Å². The van der Waals surface area contributed by atoms with Gasteiger partial charge in [-0.1, -0.05) is 0 Å². The monoisotopic (exact) mass is 287 g/mol. The summed E-state index contributed by atoms with van der Waals surface area (Å²) in [5.41, 5.74) is 2.24. The zero-order valence-corrected chi connectivity index (χ0v) is 12.5. The van der Waals surface area contributed by atoms with Crippen molar-refractivity contribution in [1.82, 2.24) is 20.3 Å². The quantitative estimate of drug-likeness (QED) is 0.737. The van der Waals surface area contributed by atoms with Gasteiger partial charge in [-0.25, -0.2) is 9.97 Å². The molecule has 0 unspecified atom stereocenters. The lowest BCUT2D eigenvalue weighted by atomic mass is 10.2. The maximum absolute atomic E-state index is 4.98. The normalized spacial score (nSPS) is 10.6. The number of hydrogen-bond donors (Lipinski definition) is 1. The highest BCUT2D eigenvalue weighted by atomic mass is 16.5. The molecule has 2 aromatic heterocycles. The second-order valence-electron chi connectivity index (χ2n) is 4.77. The minimum Gasteiger partial charge on any atom is -0.383 e. The summed E-state index contributed by atoms with van der Waals surface area (Å²) in [7, 11) is 3.67. The number of nitrogens with zero attached hydrogens (tertiary/aromatic N) is 4. The fourth-order valence-electron chi connectivity index (χ4n) is 1.88. The molecular weight excluding hydrogens is 266 g/mol. The molecule has 0 saturated carbocycles. The minimum absolute atomic E-state index is 0.702. The first kappa shape index (κ1) is 15.3. The fourth-order valence-corrected chi connectivity index (χ4v) is 1.88. The highest BCUT2D eigenvalue weighted by molar-refractivity contribution is 5.30. The molecule has 112 valence electrons. The average molecular weight is 287 g/mol. The van der Waals surface area contributed by atoms with Gasteiger partial charge in [-0.2, -0.15) is 0 Å². The SMILES string of the molecule is COCCNCc1cnc(N(C)Cc2ccncc2)nc1. The molecule has 21 heavy (non-hydrogen) atoms. The van der Waals surface area contributed by atoms with Crippen LogP contribution in [0.25, 0.3) is 0 Å². The van der Waals surface area contributed by atoms with Crippen molar-refractivity contribution in [2.75, 3.05) is 32.2 Å². The summed E-state index contributed by atoms with van der Waals surface area (Å²) < 4.78 is 4.98. The van der Waals surface area contributed by atoms with Crippen LogP contribution in [0.2, 0.25) is 0 Å². The molecule has 0 fully saturated rings. The van der Waals surface area contributed by atoms with Gasteiger partial charge < -0.3 is 15.0 Å². The van der Waals surface area contributed by atoms with E-state index in [1.165, 1.54) is 5.56 Å². The molecule has 0 amide bonds. The van der Waals surface area contributed by atoms with E-state index in [1.54, 1.807) is 19.5 Å². The molecule has 0 spiro atoms. The molecule has 0 atom stereocenters. The van der Waals surface area contributed by atoms with Gasteiger partial charge in [0.05, 0.1) is 6.61 Å². The van der Waals surface area contributed by atoms with Crippen molar-refractivity contribution in [2.45, 2.75) is 13.1 Å². The summed E-state index contributed by atoms with van der Waals surface area (Å²) in [6.07, 6.45) is 7.29. The van der Waals surface area contributed by atoms with Crippen molar-refractivity contribution in [3.8, 4) is 0 Å². The number of hydrogen-bond acceptors (Lipinski definition) is 6. The Morgan fingerprint density at radius 3 is 2.52 bits per heavy atom. The molecule has 0 aliphatic rings. The lowest BCUT2D eigenvalue weighted by Crippen LogP contribution is -2.21. The Morgan fingerprint density at radius 1 is 1.14 bits per heavy atom. The first-order chi connectivity index (χ1) is 10.3. The van der Waals surface area contributed by atoms with E-state index in [0.29, 0.717) is 12.6 Å². The van der Waals surface area contributed by atoms with Gasteiger partial charge in [0.1, 0.15) is 0 Å². The van der Waals surface area contributed by atoms with Gasteiger partial charge in [0.25, 0.3) is 0 Å².